The monoisotopic (exact) mass is 208 g/mol. The van der Waals surface area contributed by atoms with E-state index in [1.165, 1.54) is 32.1 Å². The largest absolute Gasteiger partial charge is 0.447 e. The third kappa shape index (κ3) is 3.34. The predicted molar refractivity (Wildman–Crippen MR) is 59.3 cm³/mol. The van der Waals surface area contributed by atoms with Crippen LogP contribution in [0, 0.1) is 11.8 Å². The Hall–Kier alpha value is -0.830. The molecule has 0 spiro atoms. The van der Waals surface area contributed by atoms with Crippen LogP contribution in [-0.2, 0) is 6.54 Å². The molecule has 1 aliphatic rings. The van der Waals surface area contributed by atoms with E-state index in [0.717, 1.165) is 30.7 Å². The van der Waals surface area contributed by atoms with E-state index in [1.54, 1.807) is 6.20 Å². The maximum Gasteiger partial charge on any atom is 0.180 e. The summed E-state index contributed by atoms with van der Waals surface area (Å²) in [5.74, 6) is 2.74. The molecule has 0 saturated heterocycles. The van der Waals surface area contributed by atoms with E-state index >= 15 is 0 Å². The van der Waals surface area contributed by atoms with Gasteiger partial charge >= 0.3 is 0 Å². The van der Waals surface area contributed by atoms with Gasteiger partial charge in [0.15, 0.2) is 6.39 Å². The normalized spacial score (nSPS) is 26.7. The Morgan fingerprint density at radius 2 is 2.20 bits per heavy atom. The fourth-order valence-electron chi connectivity index (χ4n) is 2.26. The van der Waals surface area contributed by atoms with E-state index in [1.807, 2.05) is 0 Å². The minimum absolute atomic E-state index is 0.812. The maximum atomic E-state index is 5.17. The average molecular weight is 208 g/mol. The van der Waals surface area contributed by atoms with Gasteiger partial charge in [0.1, 0.15) is 5.76 Å². The zero-order valence-corrected chi connectivity index (χ0v) is 9.41. The molecule has 15 heavy (non-hydrogen) atoms. The highest BCUT2D eigenvalue weighted by atomic mass is 16.3. The predicted octanol–water partition coefficient (Wildman–Crippen LogP) is 2.59. The number of hydrogen-bond acceptors (Lipinski definition) is 3. The van der Waals surface area contributed by atoms with Gasteiger partial charge in [-0.25, -0.2) is 4.98 Å². The van der Waals surface area contributed by atoms with Crippen molar-refractivity contribution in [2.75, 3.05) is 6.54 Å². The molecule has 0 aromatic carbocycles. The Labute approximate surface area is 91.3 Å². The maximum absolute atomic E-state index is 5.17. The van der Waals surface area contributed by atoms with Gasteiger partial charge in [0.05, 0.1) is 12.7 Å². The third-order valence-electron chi connectivity index (χ3n) is 3.35. The number of hydrogen-bond donors (Lipinski definition) is 1. The van der Waals surface area contributed by atoms with Crippen LogP contribution in [0.3, 0.4) is 0 Å². The first-order valence-corrected chi connectivity index (χ1v) is 5.92. The molecular formula is C12H20N2O. The molecule has 0 unspecified atom stereocenters. The molecule has 1 heterocycles. The number of nitrogens with one attached hydrogen (secondary N) is 1. The molecule has 1 aromatic rings. The Bertz CT molecular complexity index is 263. The van der Waals surface area contributed by atoms with Crippen molar-refractivity contribution in [1.82, 2.24) is 10.3 Å². The number of aromatic nitrogens is 1. The molecule has 1 aromatic heterocycles. The van der Waals surface area contributed by atoms with Crippen molar-refractivity contribution in [3.05, 3.63) is 18.4 Å². The van der Waals surface area contributed by atoms with Crippen LogP contribution in [0.1, 0.15) is 38.4 Å². The molecule has 2 rings (SSSR count). The molecule has 0 amide bonds. The lowest BCUT2D eigenvalue weighted by Gasteiger charge is -2.26. The number of nitrogens with zero attached hydrogens (tertiary/aromatic N) is 1. The molecule has 3 heteroatoms. The Morgan fingerprint density at radius 3 is 2.87 bits per heavy atom. The van der Waals surface area contributed by atoms with Gasteiger partial charge < -0.3 is 9.73 Å². The van der Waals surface area contributed by atoms with Gasteiger partial charge in [0.2, 0.25) is 0 Å². The van der Waals surface area contributed by atoms with E-state index < -0.39 is 0 Å². The van der Waals surface area contributed by atoms with Crippen LogP contribution in [0.2, 0.25) is 0 Å². The Kier molecular flexibility index (Phi) is 3.78. The summed E-state index contributed by atoms with van der Waals surface area (Å²) in [7, 11) is 0. The zero-order valence-electron chi connectivity index (χ0n) is 9.41. The number of oxazole rings is 1. The first-order valence-electron chi connectivity index (χ1n) is 5.92. The van der Waals surface area contributed by atoms with Crippen molar-refractivity contribution in [3.63, 3.8) is 0 Å². The van der Waals surface area contributed by atoms with Crippen LogP contribution >= 0.6 is 0 Å². The standard InChI is InChI=1S/C12H20N2O/c1-10-2-4-11(5-3-10)6-13-7-12-8-14-9-15-12/h8-11,13H,2-7H2,1H3. The van der Waals surface area contributed by atoms with E-state index in [9.17, 15) is 0 Å². The van der Waals surface area contributed by atoms with Crippen molar-refractivity contribution in [1.29, 1.82) is 0 Å². The van der Waals surface area contributed by atoms with E-state index in [-0.39, 0.29) is 0 Å². The zero-order chi connectivity index (χ0) is 10.5. The molecule has 1 aliphatic carbocycles. The Morgan fingerprint density at radius 1 is 1.40 bits per heavy atom. The van der Waals surface area contributed by atoms with Gasteiger partial charge in [-0.05, 0) is 31.2 Å². The van der Waals surface area contributed by atoms with Gasteiger partial charge in [-0.1, -0.05) is 19.8 Å². The summed E-state index contributed by atoms with van der Waals surface area (Å²) in [6, 6.07) is 0. The quantitative estimate of drug-likeness (QED) is 0.826. The van der Waals surface area contributed by atoms with Crippen molar-refractivity contribution in [2.45, 2.75) is 39.2 Å². The minimum Gasteiger partial charge on any atom is -0.447 e. The smallest absolute Gasteiger partial charge is 0.180 e. The minimum atomic E-state index is 0.812. The van der Waals surface area contributed by atoms with E-state index in [0.29, 0.717) is 0 Å². The van der Waals surface area contributed by atoms with Crippen molar-refractivity contribution >= 4 is 0 Å². The van der Waals surface area contributed by atoms with Gasteiger partial charge in [-0.2, -0.15) is 0 Å². The first kappa shape index (κ1) is 10.7. The molecule has 3 nitrogen and oxygen atoms in total. The lowest BCUT2D eigenvalue weighted by Crippen LogP contribution is -2.25. The highest BCUT2D eigenvalue weighted by molar-refractivity contribution is 4.87. The van der Waals surface area contributed by atoms with Gasteiger partial charge in [0.25, 0.3) is 0 Å². The average Bonchev–Trinajstić information content (AvgIpc) is 2.74. The van der Waals surface area contributed by atoms with Crippen molar-refractivity contribution in [3.8, 4) is 0 Å². The summed E-state index contributed by atoms with van der Waals surface area (Å²) in [6.07, 6.45) is 8.81. The topological polar surface area (TPSA) is 38.1 Å². The summed E-state index contributed by atoms with van der Waals surface area (Å²) >= 11 is 0. The Balaban J connectivity index is 1.62. The first-order chi connectivity index (χ1) is 7.34. The second-order valence-electron chi connectivity index (χ2n) is 4.72. The molecule has 0 bridgehead atoms. The molecule has 0 aliphatic heterocycles. The fraction of sp³-hybridized carbons (Fsp3) is 0.750. The van der Waals surface area contributed by atoms with Crippen LogP contribution in [0.25, 0.3) is 0 Å². The fourth-order valence-corrected chi connectivity index (χ4v) is 2.26. The third-order valence-corrected chi connectivity index (χ3v) is 3.35. The molecule has 1 fully saturated rings. The van der Waals surface area contributed by atoms with Crippen LogP contribution < -0.4 is 5.32 Å². The molecular weight excluding hydrogens is 188 g/mol. The second kappa shape index (κ2) is 5.31. The summed E-state index contributed by atoms with van der Waals surface area (Å²) < 4.78 is 5.17. The molecule has 0 atom stereocenters. The van der Waals surface area contributed by atoms with Gasteiger partial charge in [0, 0.05) is 0 Å². The summed E-state index contributed by atoms with van der Waals surface area (Å²) in [5, 5.41) is 3.44. The van der Waals surface area contributed by atoms with Gasteiger partial charge in [-0.3, -0.25) is 0 Å². The lowest BCUT2D eigenvalue weighted by atomic mass is 9.83. The van der Waals surface area contributed by atoms with Crippen molar-refractivity contribution < 1.29 is 4.42 Å². The molecule has 0 radical (unpaired) electrons. The molecule has 1 saturated carbocycles. The summed E-state index contributed by atoms with van der Waals surface area (Å²) in [5.41, 5.74) is 0. The number of rotatable bonds is 4. The molecule has 84 valence electrons. The molecule has 1 N–H and O–H groups in total. The summed E-state index contributed by atoms with van der Waals surface area (Å²) in [6.45, 7) is 4.29. The van der Waals surface area contributed by atoms with Crippen LogP contribution in [-0.4, -0.2) is 11.5 Å². The summed E-state index contributed by atoms with van der Waals surface area (Å²) in [4.78, 5) is 3.89. The van der Waals surface area contributed by atoms with Gasteiger partial charge in [-0.15, -0.1) is 0 Å². The van der Waals surface area contributed by atoms with Crippen LogP contribution in [0.5, 0.6) is 0 Å². The van der Waals surface area contributed by atoms with E-state index in [2.05, 4.69) is 17.2 Å². The van der Waals surface area contributed by atoms with Crippen LogP contribution in [0.15, 0.2) is 17.0 Å². The van der Waals surface area contributed by atoms with E-state index in [4.69, 9.17) is 4.42 Å². The SMILES string of the molecule is CC1CCC(CNCc2cnco2)CC1. The second-order valence-corrected chi connectivity index (χ2v) is 4.72. The highest BCUT2D eigenvalue weighted by Crippen LogP contribution is 2.27. The lowest BCUT2D eigenvalue weighted by molar-refractivity contribution is 0.279. The van der Waals surface area contributed by atoms with Crippen LogP contribution in [0.4, 0.5) is 0 Å². The highest BCUT2D eigenvalue weighted by Gasteiger charge is 2.17. The van der Waals surface area contributed by atoms with Crippen molar-refractivity contribution in [2.24, 2.45) is 11.8 Å².